The van der Waals surface area contributed by atoms with Crippen LogP contribution in [0.15, 0.2) is 30.3 Å². The van der Waals surface area contributed by atoms with Gasteiger partial charge in [0, 0.05) is 0 Å². The first kappa shape index (κ1) is 32.7. The molecular weight excluding hydrogens is 488 g/mol. The zero-order valence-corrected chi connectivity index (χ0v) is 24.2. The Morgan fingerprint density at radius 1 is 0.816 bits per heavy atom. The molecule has 0 saturated heterocycles. The van der Waals surface area contributed by atoms with E-state index in [4.69, 9.17) is 9.47 Å². The summed E-state index contributed by atoms with van der Waals surface area (Å²) in [6.07, 6.45) is -0.823. The van der Waals surface area contributed by atoms with Crippen molar-refractivity contribution in [1.29, 1.82) is 0 Å². The Morgan fingerprint density at radius 2 is 1.42 bits per heavy atom. The minimum atomic E-state index is -0.885. The average molecular weight is 535 g/mol. The molecule has 4 amide bonds. The first-order chi connectivity index (χ1) is 17.6. The number of urea groups is 1. The fourth-order valence-electron chi connectivity index (χ4n) is 3.39. The number of alkyl carbamates (subject to hydrolysis) is 1. The summed E-state index contributed by atoms with van der Waals surface area (Å²) in [6, 6.07) is 6.89. The molecule has 10 heteroatoms. The molecular formula is C28H46N4O6. The van der Waals surface area contributed by atoms with Gasteiger partial charge in [0.05, 0.1) is 0 Å². The Labute approximate surface area is 227 Å². The van der Waals surface area contributed by atoms with Crippen LogP contribution in [0.4, 0.5) is 9.59 Å². The smallest absolute Gasteiger partial charge is 0.408 e. The maximum Gasteiger partial charge on any atom is 0.408 e. The average Bonchev–Trinajstić information content (AvgIpc) is 2.82. The van der Waals surface area contributed by atoms with Crippen molar-refractivity contribution in [2.24, 2.45) is 17.8 Å². The molecule has 0 aromatic heterocycles. The fraction of sp³-hybridized carbons (Fsp3) is 0.643. The first-order valence-electron chi connectivity index (χ1n) is 13.2. The zero-order chi connectivity index (χ0) is 29.0. The van der Waals surface area contributed by atoms with Crippen LogP contribution in [0.2, 0.25) is 0 Å². The Hall–Kier alpha value is -3.30. The summed E-state index contributed by atoms with van der Waals surface area (Å²) < 4.78 is 10.7. The van der Waals surface area contributed by atoms with Crippen molar-refractivity contribution in [2.45, 2.75) is 99.2 Å². The third-order valence-corrected chi connectivity index (χ3v) is 5.85. The topological polar surface area (TPSA) is 135 Å². The number of esters is 1. The Morgan fingerprint density at radius 3 is 1.92 bits per heavy atom. The van der Waals surface area contributed by atoms with E-state index < -0.39 is 47.9 Å². The standard InChI is InChI=1S/C28H46N4O6/c1-10-19(6)22(30-27(36)38-28(7,8)9)24(33)31-23(18(4)5)32-26(35)29-21(17(2)3)25(34)37-16-20-14-12-11-13-15-20/h11-15,17-19,21-23H,10,16H2,1-9H3,(H,30,36)(H,31,33)(H2,29,32,35)/t19-,21-,22-,23+/m0/s1. The molecule has 38 heavy (non-hydrogen) atoms. The van der Waals surface area contributed by atoms with Crippen LogP contribution in [0.1, 0.15) is 74.3 Å². The van der Waals surface area contributed by atoms with Crippen molar-refractivity contribution >= 4 is 24.0 Å². The Balaban J connectivity index is 2.85. The van der Waals surface area contributed by atoms with Crippen molar-refractivity contribution in [3.63, 3.8) is 0 Å². The van der Waals surface area contributed by atoms with Crippen LogP contribution in [0.5, 0.6) is 0 Å². The summed E-state index contributed by atoms with van der Waals surface area (Å²) in [7, 11) is 0. The quantitative estimate of drug-likeness (QED) is 0.236. The predicted molar refractivity (Wildman–Crippen MR) is 146 cm³/mol. The van der Waals surface area contributed by atoms with Crippen LogP contribution < -0.4 is 21.3 Å². The highest BCUT2D eigenvalue weighted by atomic mass is 16.6. The van der Waals surface area contributed by atoms with Gasteiger partial charge in [-0.1, -0.05) is 78.3 Å². The van der Waals surface area contributed by atoms with E-state index in [1.807, 2.05) is 58.0 Å². The second-order valence-electron chi connectivity index (χ2n) is 11.2. The Kier molecular flexibility index (Phi) is 13.1. The van der Waals surface area contributed by atoms with E-state index in [0.717, 1.165) is 5.56 Å². The van der Waals surface area contributed by atoms with Gasteiger partial charge >= 0.3 is 18.1 Å². The van der Waals surface area contributed by atoms with Gasteiger partial charge in [-0.3, -0.25) is 4.79 Å². The summed E-state index contributed by atoms with van der Waals surface area (Å²) in [5, 5.41) is 10.9. The van der Waals surface area contributed by atoms with Crippen LogP contribution in [-0.2, 0) is 25.7 Å². The predicted octanol–water partition coefficient (Wildman–Crippen LogP) is 4.09. The van der Waals surface area contributed by atoms with Gasteiger partial charge in [-0.05, 0) is 44.1 Å². The van der Waals surface area contributed by atoms with Gasteiger partial charge in [0.2, 0.25) is 5.91 Å². The normalized spacial score (nSPS) is 14.6. The van der Waals surface area contributed by atoms with Crippen molar-refractivity contribution in [1.82, 2.24) is 21.3 Å². The number of hydrogen-bond donors (Lipinski definition) is 4. The molecule has 0 aliphatic heterocycles. The number of rotatable bonds is 12. The van der Waals surface area contributed by atoms with Gasteiger partial charge in [-0.15, -0.1) is 0 Å². The molecule has 10 nitrogen and oxygen atoms in total. The lowest BCUT2D eigenvalue weighted by Gasteiger charge is -2.30. The van der Waals surface area contributed by atoms with E-state index >= 15 is 0 Å². The van der Waals surface area contributed by atoms with E-state index in [-0.39, 0.29) is 24.4 Å². The van der Waals surface area contributed by atoms with E-state index in [1.165, 1.54) is 0 Å². The van der Waals surface area contributed by atoms with Gasteiger partial charge < -0.3 is 30.7 Å². The summed E-state index contributed by atoms with van der Waals surface area (Å²) in [5.74, 6) is -1.61. The minimum absolute atomic E-state index is 0.0958. The third-order valence-electron chi connectivity index (χ3n) is 5.85. The highest BCUT2D eigenvalue weighted by molar-refractivity contribution is 5.87. The van der Waals surface area contributed by atoms with Crippen LogP contribution in [0, 0.1) is 17.8 Å². The molecule has 0 fully saturated rings. The zero-order valence-electron chi connectivity index (χ0n) is 24.2. The van der Waals surface area contributed by atoms with Crippen molar-refractivity contribution in [3.05, 3.63) is 35.9 Å². The SMILES string of the molecule is CC[C@H](C)[C@H](NC(=O)OC(C)(C)C)C(=O)N[C@H](NC(=O)N[C@H](C(=O)OCc1ccccc1)C(C)C)C(C)C. The molecule has 1 rings (SSSR count). The number of amides is 4. The van der Waals surface area contributed by atoms with E-state index in [2.05, 4.69) is 21.3 Å². The molecule has 214 valence electrons. The maximum absolute atomic E-state index is 13.2. The van der Waals surface area contributed by atoms with E-state index in [0.29, 0.717) is 6.42 Å². The highest BCUT2D eigenvalue weighted by Crippen LogP contribution is 2.13. The van der Waals surface area contributed by atoms with Crippen molar-refractivity contribution < 1.29 is 28.7 Å². The molecule has 4 atom stereocenters. The van der Waals surface area contributed by atoms with Gasteiger partial charge in [-0.2, -0.15) is 0 Å². The van der Waals surface area contributed by atoms with Gasteiger partial charge in [0.25, 0.3) is 0 Å². The molecule has 0 heterocycles. The summed E-state index contributed by atoms with van der Waals surface area (Å²) in [4.78, 5) is 51.1. The summed E-state index contributed by atoms with van der Waals surface area (Å²) >= 11 is 0. The molecule has 0 aliphatic carbocycles. The van der Waals surface area contributed by atoms with Gasteiger partial charge in [0.1, 0.15) is 30.5 Å². The number of hydrogen-bond acceptors (Lipinski definition) is 6. The molecule has 0 saturated carbocycles. The van der Waals surface area contributed by atoms with Crippen LogP contribution in [0.25, 0.3) is 0 Å². The molecule has 1 aromatic carbocycles. The third kappa shape index (κ3) is 11.8. The number of ether oxygens (including phenoxy) is 2. The molecule has 0 bridgehead atoms. The molecule has 0 radical (unpaired) electrons. The summed E-state index contributed by atoms with van der Waals surface area (Å²) in [6.45, 7) is 16.3. The van der Waals surface area contributed by atoms with E-state index in [9.17, 15) is 19.2 Å². The van der Waals surface area contributed by atoms with Crippen LogP contribution in [-0.4, -0.2) is 47.9 Å². The number of nitrogens with one attached hydrogen (secondary N) is 4. The first-order valence-corrected chi connectivity index (χ1v) is 13.2. The monoisotopic (exact) mass is 534 g/mol. The molecule has 0 spiro atoms. The fourth-order valence-corrected chi connectivity index (χ4v) is 3.39. The largest absolute Gasteiger partial charge is 0.459 e. The van der Waals surface area contributed by atoms with Gasteiger partial charge in [-0.25, -0.2) is 14.4 Å². The lowest BCUT2D eigenvalue weighted by Crippen LogP contribution is -2.60. The van der Waals surface area contributed by atoms with Crippen molar-refractivity contribution in [3.8, 4) is 0 Å². The molecule has 4 N–H and O–H groups in total. The summed E-state index contributed by atoms with van der Waals surface area (Å²) in [5.41, 5.74) is 0.127. The van der Waals surface area contributed by atoms with E-state index in [1.54, 1.807) is 34.6 Å². The highest BCUT2D eigenvalue weighted by Gasteiger charge is 2.32. The molecule has 1 aromatic rings. The molecule has 0 unspecified atom stereocenters. The number of carbonyl (C=O) groups excluding carboxylic acids is 4. The lowest BCUT2D eigenvalue weighted by atomic mass is 9.98. The minimum Gasteiger partial charge on any atom is -0.459 e. The Bertz CT molecular complexity index is 914. The van der Waals surface area contributed by atoms with Crippen LogP contribution >= 0.6 is 0 Å². The lowest BCUT2D eigenvalue weighted by molar-refractivity contribution is -0.148. The van der Waals surface area contributed by atoms with Gasteiger partial charge in [0.15, 0.2) is 0 Å². The number of carbonyl (C=O) groups is 4. The van der Waals surface area contributed by atoms with Crippen molar-refractivity contribution in [2.75, 3.05) is 0 Å². The maximum atomic E-state index is 13.2. The molecule has 0 aliphatic rings. The van der Waals surface area contributed by atoms with Crippen LogP contribution in [0.3, 0.4) is 0 Å². The second kappa shape index (κ2) is 15.2. The number of benzene rings is 1. The second-order valence-corrected chi connectivity index (χ2v) is 11.2.